The third-order valence-electron chi connectivity index (χ3n) is 1.83. The van der Waals surface area contributed by atoms with E-state index in [-0.39, 0.29) is 0 Å². The van der Waals surface area contributed by atoms with Gasteiger partial charge in [0.25, 0.3) is 0 Å². The van der Waals surface area contributed by atoms with E-state index < -0.39 is 0 Å². The lowest BCUT2D eigenvalue weighted by Gasteiger charge is -2.21. The molecular formula is C8H13N5. The quantitative estimate of drug-likeness (QED) is 0.685. The summed E-state index contributed by atoms with van der Waals surface area (Å²) in [7, 11) is 0. The molecule has 0 spiro atoms. The Morgan fingerprint density at radius 1 is 1.69 bits per heavy atom. The highest BCUT2D eigenvalue weighted by molar-refractivity contribution is 4.92. The fourth-order valence-electron chi connectivity index (χ4n) is 1.02. The second kappa shape index (κ2) is 4.58. The summed E-state index contributed by atoms with van der Waals surface area (Å²) in [6.45, 7) is 5.20. The maximum absolute atomic E-state index is 8.58. The van der Waals surface area contributed by atoms with Gasteiger partial charge in [0.05, 0.1) is 24.5 Å². The van der Waals surface area contributed by atoms with Gasteiger partial charge in [-0.15, -0.1) is 0 Å². The summed E-state index contributed by atoms with van der Waals surface area (Å²) in [6.07, 6.45) is 1.67. The van der Waals surface area contributed by atoms with Crippen molar-refractivity contribution in [3.8, 4) is 6.07 Å². The lowest BCUT2D eigenvalue weighted by atomic mass is 10.3. The van der Waals surface area contributed by atoms with E-state index in [1.165, 1.54) is 0 Å². The molecule has 0 fully saturated rings. The number of hydrogen-bond acceptors (Lipinski definition) is 4. The molecule has 0 saturated carbocycles. The molecule has 0 amide bonds. The van der Waals surface area contributed by atoms with Gasteiger partial charge >= 0.3 is 0 Å². The normalized spacial score (nSPS) is 10.7. The third-order valence-corrected chi connectivity index (χ3v) is 1.83. The minimum Gasteiger partial charge on any atom is -0.282 e. The van der Waals surface area contributed by atoms with Crippen LogP contribution >= 0.6 is 0 Å². The molecule has 13 heavy (non-hydrogen) atoms. The van der Waals surface area contributed by atoms with Crippen LogP contribution in [0.4, 0.5) is 0 Å². The maximum Gasteiger partial charge on any atom is 0.0965 e. The summed E-state index contributed by atoms with van der Waals surface area (Å²) in [5, 5.41) is 18.8. The molecule has 0 aliphatic heterocycles. The minimum atomic E-state index is 0.344. The van der Waals surface area contributed by atoms with Gasteiger partial charge in [-0.3, -0.25) is 4.90 Å². The van der Waals surface area contributed by atoms with Crippen LogP contribution in [0.3, 0.4) is 0 Å². The number of nitrogens with zero attached hydrogens (tertiary/aromatic N) is 4. The molecule has 70 valence electrons. The average molecular weight is 179 g/mol. The summed E-state index contributed by atoms with van der Waals surface area (Å²) < 4.78 is 0. The van der Waals surface area contributed by atoms with Crippen molar-refractivity contribution in [3.63, 3.8) is 0 Å². The zero-order valence-electron chi connectivity index (χ0n) is 7.86. The smallest absolute Gasteiger partial charge is 0.0965 e. The second-order valence-corrected chi connectivity index (χ2v) is 3.12. The number of nitrogens with one attached hydrogen (secondary N) is 1. The predicted molar refractivity (Wildman–Crippen MR) is 47.5 cm³/mol. The van der Waals surface area contributed by atoms with Crippen molar-refractivity contribution in [1.82, 2.24) is 20.3 Å². The molecule has 0 atom stereocenters. The molecule has 1 N–H and O–H groups in total. The second-order valence-electron chi connectivity index (χ2n) is 3.12. The van der Waals surface area contributed by atoms with Crippen molar-refractivity contribution in [2.24, 2.45) is 0 Å². The van der Waals surface area contributed by atoms with E-state index in [1.54, 1.807) is 6.20 Å². The van der Waals surface area contributed by atoms with Gasteiger partial charge in [0.15, 0.2) is 0 Å². The summed E-state index contributed by atoms with van der Waals surface area (Å²) in [4.78, 5) is 2.03. The van der Waals surface area contributed by atoms with Gasteiger partial charge in [0, 0.05) is 12.6 Å². The standard InChI is InChI=1S/C8H13N5/c1-7(2)13(4-3-9)6-8-5-10-12-11-8/h5,7H,4,6H2,1-2H3,(H,10,11,12). The van der Waals surface area contributed by atoms with E-state index in [4.69, 9.17) is 5.26 Å². The highest BCUT2D eigenvalue weighted by Crippen LogP contribution is 2.03. The highest BCUT2D eigenvalue weighted by atomic mass is 15.3. The molecule has 1 heterocycles. The van der Waals surface area contributed by atoms with Crippen LogP contribution in [-0.2, 0) is 6.54 Å². The molecule has 0 aromatic carbocycles. The molecule has 0 aliphatic carbocycles. The van der Waals surface area contributed by atoms with Crippen molar-refractivity contribution in [2.45, 2.75) is 26.4 Å². The zero-order chi connectivity index (χ0) is 9.68. The molecule has 0 radical (unpaired) electrons. The first-order chi connectivity index (χ1) is 6.24. The van der Waals surface area contributed by atoms with Crippen LogP contribution in [0.2, 0.25) is 0 Å². The minimum absolute atomic E-state index is 0.344. The van der Waals surface area contributed by atoms with E-state index in [9.17, 15) is 0 Å². The molecule has 5 nitrogen and oxygen atoms in total. The van der Waals surface area contributed by atoms with E-state index in [0.29, 0.717) is 19.1 Å². The topological polar surface area (TPSA) is 68.6 Å². The van der Waals surface area contributed by atoms with Crippen LogP contribution in [0.25, 0.3) is 0 Å². The Hall–Kier alpha value is -1.41. The number of aromatic amines is 1. The number of H-pyrrole nitrogens is 1. The molecule has 1 aromatic heterocycles. The van der Waals surface area contributed by atoms with E-state index in [1.807, 2.05) is 4.90 Å². The van der Waals surface area contributed by atoms with E-state index in [0.717, 1.165) is 5.69 Å². The fourth-order valence-corrected chi connectivity index (χ4v) is 1.02. The first kappa shape index (κ1) is 9.68. The van der Waals surface area contributed by atoms with Gasteiger partial charge in [-0.05, 0) is 13.8 Å². The Bertz CT molecular complexity index is 271. The highest BCUT2D eigenvalue weighted by Gasteiger charge is 2.10. The van der Waals surface area contributed by atoms with Crippen molar-refractivity contribution in [3.05, 3.63) is 11.9 Å². The molecule has 1 rings (SSSR count). The number of aromatic nitrogens is 3. The van der Waals surface area contributed by atoms with Crippen LogP contribution in [0, 0.1) is 11.3 Å². The van der Waals surface area contributed by atoms with Gasteiger partial charge in [-0.1, -0.05) is 0 Å². The first-order valence-electron chi connectivity index (χ1n) is 4.19. The van der Waals surface area contributed by atoms with Gasteiger partial charge < -0.3 is 0 Å². The lowest BCUT2D eigenvalue weighted by Crippen LogP contribution is -2.30. The van der Waals surface area contributed by atoms with Crippen LogP contribution in [0.5, 0.6) is 0 Å². The Morgan fingerprint density at radius 2 is 2.46 bits per heavy atom. The van der Waals surface area contributed by atoms with Gasteiger partial charge in [-0.25, -0.2) is 0 Å². The number of rotatable bonds is 4. The van der Waals surface area contributed by atoms with Gasteiger partial charge in [0.2, 0.25) is 0 Å². The van der Waals surface area contributed by atoms with Crippen LogP contribution in [0.15, 0.2) is 6.20 Å². The van der Waals surface area contributed by atoms with Gasteiger partial charge in [-0.2, -0.15) is 20.7 Å². The first-order valence-corrected chi connectivity index (χ1v) is 4.19. The van der Waals surface area contributed by atoms with Crippen LogP contribution in [0.1, 0.15) is 19.5 Å². The monoisotopic (exact) mass is 179 g/mol. The largest absolute Gasteiger partial charge is 0.282 e. The molecule has 0 aliphatic rings. The molecule has 0 saturated heterocycles. The molecular weight excluding hydrogens is 166 g/mol. The van der Waals surface area contributed by atoms with Crippen molar-refractivity contribution in [2.75, 3.05) is 6.54 Å². The molecule has 0 bridgehead atoms. The number of hydrogen-bond donors (Lipinski definition) is 1. The van der Waals surface area contributed by atoms with Crippen molar-refractivity contribution in [1.29, 1.82) is 5.26 Å². The maximum atomic E-state index is 8.58. The lowest BCUT2D eigenvalue weighted by molar-refractivity contribution is 0.237. The summed E-state index contributed by atoms with van der Waals surface area (Å²) >= 11 is 0. The Morgan fingerprint density at radius 3 is 2.92 bits per heavy atom. The molecule has 5 heteroatoms. The molecule has 1 aromatic rings. The van der Waals surface area contributed by atoms with Crippen LogP contribution in [-0.4, -0.2) is 32.9 Å². The van der Waals surface area contributed by atoms with E-state index >= 15 is 0 Å². The number of nitriles is 1. The van der Waals surface area contributed by atoms with E-state index in [2.05, 4.69) is 35.3 Å². The summed E-state index contributed by atoms with van der Waals surface area (Å²) in [6, 6.07) is 2.47. The molecule has 0 unspecified atom stereocenters. The van der Waals surface area contributed by atoms with Gasteiger partial charge in [0.1, 0.15) is 0 Å². The van der Waals surface area contributed by atoms with Crippen LogP contribution < -0.4 is 0 Å². The third kappa shape index (κ3) is 2.84. The Balaban J connectivity index is 2.53. The summed E-state index contributed by atoms with van der Waals surface area (Å²) in [5.74, 6) is 0. The van der Waals surface area contributed by atoms with Crippen molar-refractivity contribution >= 4 is 0 Å². The average Bonchev–Trinajstić information content (AvgIpc) is 2.56. The fraction of sp³-hybridized carbons (Fsp3) is 0.625. The summed E-state index contributed by atoms with van der Waals surface area (Å²) in [5.41, 5.74) is 0.865. The predicted octanol–water partition coefficient (Wildman–Crippen LogP) is 0.539. The Labute approximate surface area is 77.4 Å². The SMILES string of the molecule is CC(C)N(CC#N)Cc1cn[nH]n1. The Kier molecular flexibility index (Phi) is 3.41. The zero-order valence-corrected chi connectivity index (χ0v) is 7.86. The van der Waals surface area contributed by atoms with Crippen molar-refractivity contribution < 1.29 is 0 Å².